The van der Waals surface area contributed by atoms with E-state index in [1.54, 1.807) is 12.1 Å². The Kier molecular flexibility index (Phi) is 7.22. The van der Waals surface area contributed by atoms with Crippen LogP contribution in [0.25, 0.3) is 17.2 Å². The quantitative estimate of drug-likeness (QED) is 0.524. The molecule has 0 radical (unpaired) electrons. The molecule has 2 aromatic rings. The minimum Gasteiger partial charge on any atom is -0.541 e. The first-order valence-corrected chi connectivity index (χ1v) is 8.63. The number of hydrogen-bond acceptors (Lipinski definition) is 4. The first-order chi connectivity index (χ1) is 13.1. The molecule has 9 heteroatoms. The maximum Gasteiger partial charge on any atom is 1.00 e. The zero-order valence-electron chi connectivity index (χ0n) is 15.5. The Labute approximate surface area is 191 Å². The zero-order valence-corrected chi connectivity index (χ0v) is 18.2. The molecule has 0 fully saturated rings. The fourth-order valence-corrected chi connectivity index (χ4v) is 3.18. The Morgan fingerprint density at radius 2 is 1.79 bits per heavy atom. The molecule has 0 unspecified atom stereocenters. The summed E-state index contributed by atoms with van der Waals surface area (Å²) >= 11 is 6.09. The average Bonchev–Trinajstić information content (AvgIpc) is 2.65. The van der Waals surface area contributed by atoms with E-state index < -0.39 is 29.6 Å². The van der Waals surface area contributed by atoms with E-state index in [1.165, 1.54) is 12.1 Å². The van der Waals surface area contributed by atoms with Crippen LogP contribution in [0.3, 0.4) is 0 Å². The van der Waals surface area contributed by atoms with Crippen LogP contribution in [0, 0.1) is 0 Å². The summed E-state index contributed by atoms with van der Waals surface area (Å²) in [7, 11) is 0. The van der Waals surface area contributed by atoms with Crippen LogP contribution in [0.5, 0.6) is 5.75 Å². The van der Waals surface area contributed by atoms with Gasteiger partial charge in [0.05, 0.1) is 5.57 Å². The summed E-state index contributed by atoms with van der Waals surface area (Å²) in [6.45, 7) is 1.97. The number of alkyl halides is 3. The third-order valence-electron chi connectivity index (χ3n) is 4.33. The van der Waals surface area contributed by atoms with Crippen LogP contribution in [0.4, 0.5) is 13.2 Å². The molecule has 3 rings (SSSR count). The van der Waals surface area contributed by atoms with Crippen LogP contribution < -0.4 is 39.4 Å². The Bertz CT molecular complexity index is 984. The molecule has 0 saturated carbocycles. The predicted octanol–water partition coefficient (Wildman–Crippen LogP) is 0.599. The predicted molar refractivity (Wildman–Crippen MR) is 94.7 cm³/mol. The number of halogens is 4. The molecule has 4 nitrogen and oxygen atoms in total. The molecular formula is C20H13ClF3NaO4. The van der Waals surface area contributed by atoms with E-state index in [2.05, 4.69) is 0 Å². The molecule has 1 aliphatic heterocycles. The molecule has 0 spiro atoms. The van der Waals surface area contributed by atoms with E-state index in [0.717, 1.165) is 18.1 Å². The summed E-state index contributed by atoms with van der Waals surface area (Å²) < 4.78 is 45.5. The third-order valence-corrected chi connectivity index (χ3v) is 4.55. The van der Waals surface area contributed by atoms with Crippen LogP contribution >= 0.6 is 11.6 Å². The van der Waals surface area contributed by atoms with Gasteiger partial charge in [-0.1, -0.05) is 42.8 Å². The van der Waals surface area contributed by atoms with Gasteiger partial charge in [0.1, 0.15) is 11.7 Å². The molecule has 1 atom stereocenters. The second-order valence-corrected chi connectivity index (χ2v) is 6.61. The smallest absolute Gasteiger partial charge is 0.541 e. The molecule has 0 amide bonds. The second-order valence-electron chi connectivity index (χ2n) is 6.18. The Morgan fingerprint density at radius 3 is 2.31 bits per heavy atom. The van der Waals surface area contributed by atoms with Gasteiger partial charge in [0.15, 0.2) is 0 Å². The molecular weight excluding hydrogens is 420 g/mol. The molecule has 0 bridgehead atoms. The number of aliphatic carboxylic acids is 1. The van der Waals surface area contributed by atoms with Crippen molar-refractivity contribution >= 4 is 29.4 Å². The van der Waals surface area contributed by atoms with Gasteiger partial charge in [-0.2, -0.15) is 13.2 Å². The minimum atomic E-state index is -5.00. The van der Waals surface area contributed by atoms with Crippen molar-refractivity contribution in [3.05, 3.63) is 58.1 Å². The van der Waals surface area contributed by atoms with E-state index in [-0.39, 0.29) is 45.9 Å². The van der Waals surface area contributed by atoms with Crippen LogP contribution in [-0.2, 0) is 16.0 Å². The number of ether oxygens (including phenoxy) is 1. The number of rotatable bonds is 4. The maximum absolute atomic E-state index is 13.5. The van der Waals surface area contributed by atoms with Gasteiger partial charge in [-0.25, -0.2) is 0 Å². The van der Waals surface area contributed by atoms with Gasteiger partial charge in [0, 0.05) is 16.1 Å². The van der Waals surface area contributed by atoms with E-state index in [0.29, 0.717) is 11.1 Å². The van der Waals surface area contributed by atoms with E-state index in [1.807, 2.05) is 19.1 Å². The fraction of sp³-hybridized carbons (Fsp3) is 0.200. The van der Waals surface area contributed by atoms with Crippen LogP contribution in [0.1, 0.15) is 18.1 Å². The monoisotopic (exact) mass is 432 g/mol. The number of Topliss-reactive ketones (excluding diaryl/α,β-unsaturated/α-hetero) is 1. The van der Waals surface area contributed by atoms with Crippen molar-refractivity contribution < 1.29 is 62.2 Å². The molecule has 2 aromatic carbocycles. The maximum atomic E-state index is 13.5. The number of benzene rings is 2. The van der Waals surface area contributed by atoms with Gasteiger partial charge in [-0.15, -0.1) is 0 Å². The Hall–Kier alpha value is -1.80. The zero-order chi connectivity index (χ0) is 20.6. The number of carbonyl (C=O) groups excluding carboxylic acids is 2. The number of fused-ring (bicyclic) bond motifs is 1. The number of aryl methyl sites for hydroxylation is 1. The number of hydrogen-bond donors (Lipinski definition) is 0. The molecule has 0 aromatic heterocycles. The largest absolute Gasteiger partial charge is 1.00 e. The van der Waals surface area contributed by atoms with E-state index >= 15 is 0 Å². The minimum absolute atomic E-state index is 0. The summed E-state index contributed by atoms with van der Waals surface area (Å²) in [4.78, 5) is 22.6. The first-order valence-electron chi connectivity index (χ1n) is 8.25. The number of carbonyl (C=O) groups is 2. The van der Waals surface area contributed by atoms with Crippen LogP contribution in [0.15, 0.2) is 42.0 Å². The van der Waals surface area contributed by atoms with Gasteiger partial charge >= 0.3 is 35.7 Å². The fourth-order valence-electron chi connectivity index (χ4n) is 2.96. The molecule has 29 heavy (non-hydrogen) atoms. The van der Waals surface area contributed by atoms with Gasteiger partial charge in [-0.05, 0) is 35.8 Å². The third kappa shape index (κ3) is 4.86. The van der Waals surface area contributed by atoms with Crippen LogP contribution in [-0.4, -0.2) is 24.0 Å². The summed E-state index contributed by atoms with van der Waals surface area (Å²) in [5.74, 6) is -4.17. The number of carboxylic acid groups (broad SMARTS) is 1. The molecule has 1 heterocycles. The first kappa shape index (κ1) is 23.5. The molecule has 146 valence electrons. The summed E-state index contributed by atoms with van der Waals surface area (Å²) in [6.07, 6.45) is -6.10. The molecule has 1 aliphatic rings. The van der Waals surface area contributed by atoms with Crippen molar-refractivity contribution in [2.24, 2.45) is 0 Å². The Morgan fingerprint density at radius 1 is 1.17 bits per heavy atom. The number of carboxylic acids is 1. The van der Waals surface area contributed by atoms with Crippen molar-refractivity contribution in [1.82, 2.24) is 0 Å². The number of ketones is 1. The van der Waals surface area contributed by atoms with Gasteiger partial charge in [-0.3, -0.25) is 4.79 Å². The van der Waals surface area contributed by atoms with Crippen molar-refractivity contribution in [1.29, 1.82) is 0 Å². The van der Waals surface area contributed by atoms with Gasteiger partial charge in [0.2, 0.25) is 11.9 Å². The molecule has 0 aliphatic carbocycles. The summed E-state index contributed by atoms with van der Waals surface area (Å²) in [6, 6.07) is 9.86. The van der Waals surface area contributed by atoms with E-state index in [4.69, 9.17) is 16.3 Å². The standard InChI is InChI=1S/C20H14ClF3O4.Na/c1-2-10-3-5-11(6-4-10)14-9-13(21)7-12-8-15(16(25)19(26)27)18(20(22,23)24)28-17(12)14;/h3-9,18H,2H2,1H3,(H,26,27);/q;+1/p-1/t18-;/m0./s1. The van der Waals surface area contributed by atoms with E-state index in [9.17, 15) is 27.9 Å². The summed E-state index contributed by atoms with van der Waals surface area (Å²) in [5.41, 5.74) is 0.924. The van der Waals surface area contributed by atoms with Crippen molar-refractivity contribution in [3.63, 3.8) is 0 Å². The van der Waals surface area contributed by atoms with Crippen LogP contribution in [0.2, 0.25) is 5.02 Å². The summed E-state index contributed by atoms with van der Waals surface area (Å²) in [5, 5.41) is 11.0. The topological polar surface area (TPSA) is 66.4 Å². The van der Waals surface area contributed by atoms with Crippen molar-refractivity contribution in [3.8, 4) is 16.9 Å². The van der Waals surface area contributed by atoms with Gasteiger partial charge < -0.3 is 14.6 Å². The van der Waals surface area contributed by atoms with Crippen molar-refractivity contribution in [2.75, 3.05) is 0 Å². The normalized spacial score (nSPS) is 15.5. The SMILES string of the molecule is CCc1ccc(-c2cc(Cl)cc3c2O[C@H](C(F)(F)F)C(C(=O)C(=O)[O-])=C3)cc1.[Na+]. The molecule has 0 saturated heterocycles. The average molecular weight is 433 g/mol. The van der Waals surface area contributed by atoms with Gasteiger partial charge in [0.25, 0.3) is 0 Å². The Balaban J connectivity index is 0.00000300. The van der Waals surface area contributed by atoms with Crippen molar-refractivity contribution in [2.45, 2.75) is 25.6 Å². The second kappa shape index (κ2) is 8.92. The molecule has 0 N–H and O–H groups in total.